The molecule has 11 nitrogen and oxygen atoms in total. The molecule has 0 saturated heterocycles. The Morgan fingerprint density at radius 2 is 1.65 bits per heavy atom. The van der Waals surface area contributed by atoms with Crippen molar-refractivity contribution in [2.45, 2.75) is 39.0 Å². The van der Waals surface area contributed by atoms with Gasteiger partial charge >= 0.3 is 17.7 Å². The second kappa shape index (κ2) is 12.6. The van der Waals surface area contributed by atoms with Crippen molar-refractivity contribution in [3.8, 4) is 0 Å². The first-order valence-corrected chi connectivity index (χ1v) is 12.5. The van der Waals surface area contributed by atoms with Crippen molar-refractivity contribution in [2.24, 2.45) is 0 Å². The lowest BCUT2D eigenvalue weighted by Gasteiger charge is -2.19. The molecular formula is C29H28N4O7. The Kier molecular flexibility index (Phi) is 8.75. The van der Waals surface area contributed by atoms with Crippen LogP contribution < -0.4 is 21.6 Å². The number of fused-ring (bicyclic) bond motifs is 1. The number of nitrogens with one attached hydrogen (secondary N) is 3. The number of alkyl carbamates (subject to hydrolysis) is 1. The van der Waals surface area contributed by atoms with Crippen LogP contribution >= 0.6 is 0 Å². The lowest BCUT2D eigenvalue weighted by Crippen LogP contribution is -2.45. The fraction of sp³-hybridized carbons (Fsp3) is 0.207. The maximum atomic E-state index is 13.4. The lowest BCUT2D eigenvalue weighted by molar-refractivity contribution is -0.137. The van der Waals surface area contributed by atoms with E-state index >= 15 is 0 Å². The second-order valence-electron chi connectivity index (χ2n) is 9.14. The molecule has 0 fully saturated rings. The fourth-order valence-electron chi connectivity index (χ4n) is 3.97. The summed E-state index contributed by atoms with van der Waals surface area (Å²) < 4.78 is 10.4. The number of amides is 2. The van der Waals surface area contributed by atoms with E-state index in [9.17, 15) is 19.2 Å². The predicted octanol–water partition coefficient (Wildman–Crippen LogP) is 3.86. The average Bonchev–Trinajstić information content (AvgIpc) is 2.92. The number of carboxylic acids is 1. The number of hydrogen-bond acceptors (Lipinski definition) is 8. The number of rotatable bonds is 10. The fourth-order valence-corrected chi connectivity index (χ4v) is 3.97. The second-order valence-corrected chi connectivity index (χ2v) is 9.14. The third-order valence-corrected chi connectivity index (χ3v) is 6.01. The van der Waals surface area contributed by atoms with Crippen molar-refractivity contribution in [3.63, 3.8) is 0 Å². The SMILES string of the molecule is Cc1cc(NC(=O)[C@H](Cc2ccccc2)NC(=O)OCc2ccccc2)cc2nc(NC(C)C(=O)O)oc(=O)c12. The minimum atomic E-state index is -1.15. The first-order valence-electron chi connectivity index (χ1n) is 12.5. The van der Waals surface area contributed by atoms with Crippen molar-refractivity contribution >= 4 is 40.6 Å². The van der Waals surface area contributed by atoms with Gasteiger partial charge in [0.1, 0.15) is 18.7 Å². The lowest BCUT2D eigenvalue weighted by atomic mass is 10.0. The van der Waals surface area contributed by atoms with E-state index in [0.717, 1.165) is 11.1 Å². The molecule has 4 rings (SSSR count). The summed E-state index contributed by atoms with van der Waals surface area (Å²) in [6.45, 7) is 3.08. The maximum absolute atomic E-state index is 13.4. The molecule has 1 heterocycles. The van der Waals surface area contributed by atoms with Gasteiger partial charge in [-0.15, -0.1) is 0 Å². The summed E-state index contributed by atoms with van der Waals surface area (Å²) >= 11 is 0. The maximum Gasteiger partial charge on any atom is 0.408 e. The monoisotopic (exact) mass is 544 g/mol. The molecule has 40 heavy (non-hydrogen) atoms. The molecule has 11 heteroatoms. The van der Waals surface area contributed by atoms with Crippen LogP contribution in [0.15, 0.2) is 82.0 Å². The van der Waals surface area contributed by atoms with Crippen LogP contribution in [0, 0.1) is 6.92 Å². The van der Waals surface area contributed by atoms with Crippen LogP contribution in [0.3, 0.4) is 0 Å². The molecular weight excluding hydrogens is 516 g/mol. The summed E-state index contributed by atoms with van der Waals surface area (Å²) in [5.41, 5.74) is 1.93. The third kappa shape index (κ3) is 7.22. The quantitative estimate of drug-likeness (QED) is 0.232. The Morgan fingerprint density at radius 1 is 1.00 bits per heavy atom. The van der Waals surface area contributed by atoms with Crippen LogP contribution in [-0.2, 0) is 27.4 Å². The molecule has 0 aliphatic carbocycles. The van der Waals surface area contributed by atoms with Gasteiger partial charge in [-0.05, 0) is 42.7 Å². The Morgan fingerprint density at radius 3 is 2.30 bits per heavy atom. The van der Waals surface area contributed by atoms with Gasteiger partial charge in [-0.25, -0.2) is 9.59 Å². The van der Waals surface area contributed by atoms with Crippen molar-refractivity contribution in [1.82, 2.24) is 10.3 Å². The molecule has 0 aliphatic rings. The first-order chi connectivity index (χ1) is 19.2. The number of aliphatic carboxylic acids is 1. The van der Waals surface area contributed by atoms with Gasteiger partial charge in [-0.2, -0.15) is 4.98 Å². The molecule has 1 aromatic heterocycles. The summed E-state index contributed by atoms with van der Waals surface area (Å²) in [6.07, 6.45) is -0.556. The molecule has 2 atom stereocenters. The van der Waals surface area contributed by atoms with Crippen molar-refractivity contribution in [1.29, 1.82) is 0 Å². The number of carboxylic acid groups (broad SMARTS) is 1. The number of carbonyl (C=O) groups is 3. The summed E-state index contributed by atoms with van der Waals surface area (Å²) in [4.78, 5) is 53.9. The molecule has 0 saturated carbocycles. The normalized spacial score (nSPS) is 12.2. The Bertz CT molecular complexity index is 1570. The number of aromatic nitrogens is 1. The van der Waals surface area contributed by atoms with Crippen LogP contribution in [0.2, 0.25) is 0 Å². The van der Waals surface area contributed by atoms with Crippen molar-refractivity contribution in [3.05, 3.63) is 99.9 Å². The Labute approximate surface area is 229 Å². The van der Waals surface area contributed by atoms with Gasteiger partial charge in [0.2, 0.25) is 5.91 Å². The Balaban J connectivity index is 1.55. The van der Waals surface area contributed by atoms with Gasteiger partial charge in [0.15, 0.2) is 0 Å². The largest absolute Gasteiger partial charge is 0.480 e. The molecule has 1 unspecified atom stereocenters. The number of ether oxygens (including phenoxy) is 1. The highest BCUT2D eigenvalue weighted by atomic mass is 16.5. The molecule has 4 N–H and O–H groups in total. The van der Waals surface area contributed by atoms with E-state index in [0.29, 0.717) is 11.3 Å². The van der Waals surface area contributed by atoms with Crippen LogP contribution in [-0.4, -0.2) is 40.1 Å². The number of nitrogens with zero attached hydrogens (tertiary/aromatic N) is 1. The molecule has 0 spiro atoms. The first kappa shape index (κ1) is 27.8. The molecule has 0 radical (unpaired) electrons. The van der Waals surface area contributed by atoms with Gasteiger partial charge in [-0.1, -0.05) is 60.7 Å². The standard InChI is InChI=1S/C29H28N4O7/c1-17-13-21(15-22-24(17)27(37)40-28(32-22)30-18(2)26(35)36)31-25(34)23(14-19-9-5-3-6-10-19)33-29(38)39-16-20-11-7-4-8-12-20/h3-13,15,18,23H,14,16H2,1-2H3,(H,30,32)(H,31,34)(H,33,38)(H,35,36)/t18?,23-/m0/s1. The summed E-state index contributed by atoms with van der Waals surface area (Å²) in [7, 11) is 0. The van der Waals surface area contributed by atoms with E-state index in [1.165, 1.54) is 13.0 Å². The Hall–Kier alpha value is -5.19. The van der Waals surface area contributed by atoms with Gasteiger partial charge in [0.25, 0.3) is 6.01 Å². The summed E-state index contributed by atoms with van der Waals surface area (Å²) in [5.74, 6) is -1.67. The van der Waals surface area contributed by atoms with Crippen molar-refractivity contribution < 1.29 is 28.6 Å². The van der Waals surface area contributed by atoms with E-state index in [1.807, 2.05) is 60.7 Å². The van der Waals surface area contributed by atoms with Gasteiger partial charge in [-0.3, -0.25) is 9.59 Å². The van der Waals surface area contributed by atoms with Gasteiger partial charge < -0.3 is 30.2 Å². The van der Waals surface area contributed by atoms with E-state index in [4.69, 9.17) is 14.3 Å². The summed E-state index contributed by atoms with van der Waals surface area (Å²) in [5, 5.41) is 17.3. The molecule has 206 valence electrons. The molecule has 3 aromatic carbocycles. The molecule has 2 amide bonds. The minimum Gasteiger partial charge on any atom is -0.480 e. The number of benzene rings is 3. The van der Waals surface area contributed by atoms with Gasteiger partial charge in [0.05, 0.1) is 10.9 Å². The smallest absolute Gasteiger partial charge is 0.408 e. The molecule has 0 aliphatic heterocycles. The highest BCUT2D eigenvalue weighted by Gasteiger charge is 2.23. The number of anilines is 2. The molecule has 4 aromatic rings. The highest BCUT2D eigenvalue weighted by molar-refractivity contribution is 5.98. The number of hydrogen-bond donors (Lipinski definition) is 4. The van der Waals surface area contributed by atoms with Crippen LogP contribution in [0.4, 0.5) is 16.5 Å². The zero-order valence-corrected chi connectivity index (χ0v) is 21.8. The van der Waals surface area contributed by atoms with E-state index in [-0.39, 0.29) is 29.9 Å². The number of aryl methyl sites for hydroxylation is 1. The van der Waals surface area contributed by atoms with E-state index in [1.54, 1.807) is 13.0 Å². The molecule has 0 bridgehead atoms. The predicted molar refractivity (Wildman–Crippen MR) is 148 cm³/mol. The highest BCUT2D eigenvalue weighted by Crippen LogP contribution is 2.22. The number of carbonyl (C=O) groups excluding carboxylic acids is 2. The zero-order chi connectivity index (χ0) is 28.6. The van der Waals surface area contributed by atoms with Gasteiger partial charge in [0, 0.05) is 12.1 Å². The van der Waals surface area contributed by atoms with E-state index < -0.39 is 35.7 Å². The summed E-state index contributed by atoms with van der Waals surface area (Å²) in [6, 6.07) is 19.1. The van der Waals surface area contributed by atoms with Crippen LogP contribution in [0.25, 0.3) is 10.9 Å². The van der Waals surface area contributed by atoms with Crippen LogP contribution in [0.5, 0.6) is 0 Å². The zero-order valence-electron chi connectivity index (χ0n) is 21.8. The average molecular weight is 545 g/mol. The van der Waals surface area contributed by atoms with Crippen molar-refractivity contribution in [2.75, 3.05) is 10.6 Å². The third-order valence-electron chi connectivity index (χ3n) is 6.01. The topological polar surface area (TPSA) is 160 Å². The van der Waals surface area contributed by atoms with E-state index in [2.05, 4.69) is 20.9 Å². The van der Waals surface area contributed by atoms with Crippen LogP contribution in [0.1, 0.15) is 23.6 Å². The minimum absolute atomic E-state index is 0.0430.